The summed E-state index contributed by atoms with van der Waals surface area (Å²) in [5.41, 5.74) is -0.314. The number of aromatic nitrogens is 1. The summed E-state index contributed by atoms with van der Waals surface area (Å²) < 4.78 is 5.66. The number of ether oxygens (including phenoxy) is 1. The third kappa shape index (κ3) is 2.31. The highest BCUT2D eigenvalue weighted by atomic mass is 16.5. The van der Waals surface area contributed by atoms with Crippen LogP contribution in [0.15, 0.2) is 23.0 Å². The minimum atomic E-state index is -0.946. The number of rotatable bonds is 3. The molecule has 15 heavy (non-hydrogen) atoms. The molecule has 0 atom stereocenters. The van der Waals surface area contributed by atoms with Gasteiger partial charge in [-0.2, -0.15) is 0 Å². The number of carbonyl (C=O) groups excluding carboxylic acids is 2. The number of pyridine rings is 1. The van der Waals surface area contributed by atoms with Gasteiger partial charge in [0.15, 0.2) is 0 Å². The Balaban J connectivity index is 3.07. The lowest BCUT2D eigenvalue weighted by Gasteiger charge is -2.05. The van der Waals surface area contributed by atoms with Gasteiger partial charge in [0, 0.05) is 13.1 Å². The molecule has 5 nitrogen and oxygen atoms in total. The lowest BCUT2D eigenvalue weighted by Crippen LogP contribution is -2.27. The van der Waals surface area contributed by atoms with E-state index >= 15 is 0 Å². The Morgan fingerprint density at radius 2 is 2.07 bits per heavy atom. The van der Waals surface area contributed by atoms with Crippen molar-refractivity contribution in [3.8, 4) is 0 Å². The molecule has 0 saturated heterocycles. The average molecular weight is 209 g/mol. The van der Waals surface area contributed by atoms with Gasteiger partial charge in [0.05, 0.1) is 12.3 Å². The Bertz CT molecular complexity index is 447. The lowest BCUT2D eigenvalue weighted by atomic mass is 10.2. The molecule has 1 aromatic heterocycles. The van der Waals surface area contributed by atoms with E-state index in [2.05, 4.69) is 4.74 Å². The first kappa shape index (κ1) is 11.2. The molecule has 0 radical (unpaired) electrons. The van der Waals surface area contributed by atoms with Gasteiger partial charge in [0.2, 0.25) is 0 Å². The maximum atomic E-state index is 11.5. The van der Waals surface area contributed by atoms with Crippen molar-refractivity contribution >= 4 is 11.8 Å². The maximum Gasteiger partial charge on any atom is 0.381 e. The van der Waals surface area contributed by atoms with Gasteiger partial charge in [-0.25, -0.2) is 4.79 Å². The quantitative estimate of drug-likeness (QED) is 0.403. The molecule has 1 rings (SSSR count). The normalized spacial score (nSPS) is 9.73. The molecular formula is C10H11NO4. The first-order valence-corrected chi connectivity index (χ1v) is 4.45. The second kappa shape index (κ2) is 4.54. The fraction of sp³-hybridized carbons (Fsp3) is 0.300. The number of ketones is 1. The van der Waals surface area contributed by atoms with Gasteiger partial charge in [0.25, 0.3) is 11.3 Å². The van der Waals surface area contributed by atoms with Crippen LogP contribution in [-0.4, -0.2) is 22.9 Å². The van der Waals surface area contributed by atoms with Crippen LogP contribution in [0.25, 0.3) is 0 Å². The van der Waals surface area contributed by atoms with Gasteiger partial charge in [-0.1, -0.05) is 6.07 Å². The van der Waals surface area contributed by atoms with Crippen molar-refractivity contribution in [1.29, 1.82) is 0 Å². The maximum absolute atomic E-state index is 11.5. The summed E-state index contributed by atoms with van der Waals surface area (Å²) in [6, 6.07) is 4.14. The molecule has 5 heteroatoms. The minimum absolute atomic E-state index is 0.0287. The summed E-state index contributed by atoms with van der Waals surface area (Å²) in [4.78, 5) is 33.8. The number of esters is 1. The van der Waals surface area contributed by atoms with Crippen LogP contribution in [0.4, 0.5) is 0 Å². The number of hydrogen-bond acceptors (Lipinski definition) is 4. The summed E-state index contributed by atoms with van der Waals surface area (Å²) in [5, 5.41) is 0. The molecule has 0 aromatic carbocycles. The molecule has 1 heterocycles. The van der Waals surface area contributed by atoms with Gasteiger partial charge < -0.3 is 9.30 Å². The Labute approximate surface area is 86.3 Å². The number of carbonyl (C=O) groups is 2. The average Bonchev–Trinajstić information content (AvgIpc) is 2.21. The van der Waals surface area contributed by atoms with E-state index in [-0.39, 0.29) is 17.9 Å². The molecule has 0 amide bonds. The molecule has 0 aliphatic carbocycles. The number of nitrogens with zero attached hydrogens (tertiary/aromatic N) is 1. The molecule has 0 aliphatic heterocycles. The predicted molar refractivity (Wildman–Crippen MR) is 52.6 cm³/mol. The molecule has 0 saturated carbocycles. The molecule has 0 spiro atoms. The van der Waals surface area contributed by atoms with E-state index in [9.17, 15) is 14.4 Å². The van der Waals surface area contributed by atoms with Crippen molar-refractivity contribution < 1.29 is 14.3 Å². The van der Waals surface area contributed by atoms with Crippen molar-refractivity contribution in [2.75, 3.05) is 6.61 Å². The van der Waals surface area contributed by atoms with Crippen LogP contribution in [0.1, 0.15) is 17.4 Å². The largest absolute Gasteiger partial charge is 0.460 e. The van der Waals surface area contributed by atoms with E-state index in [1.165, 1.54) is 25.2 Å². The van der Waals surface area contributed by atoms with E-state index in [0.717, 1.165) is 4.57 Å². The molecule has 1 aromatic rings. The molecule has 0 fully saturated rings. The minimum Gasteiger partial charge on any atom is -0.460 e. The first-order chi connectivity index (χ1) is 7.07. The Morgan fingerprint density at radius 1 is 1.40 bits per heavy atom. The Kier molecular flexibility index (Phi) is 3.38. The topological polar surface area (TPSA) is 65.4 Å². The molecule has 0 N–H and O–H groups in total. The van der Waals surface area contributed by atoms with Gasteiger partial charge in [-0.05, 0) is 13.0 Å². The lowest BCUT2D eigenvalue weighted by molar-refractivity contribution is -0.137. The van der Waals surface area contributed by atoms with Crippen LogP contribution in [0, 0.1) is 0 Å². The van der Waals surface area contributed by atoms with Crippen molar-refractivity contribution in [3.63, 3.8) is 0 Å². The monoisotopic (exact) mass is 209 g/mol. The van der Waals surface area contributed by atoms with E-state index in [1.807, 2.05) is 0 Å². The Hall–Kier alpha value is -1.91. The van der Waals surface area contributed by atoms with Gasteiger partial charge in [0.1, 0.15) is 0 Å². The van der Waals surface area contributed by atoms with Crippen molar-refractivity contribution in [2.24, 2.45) is 7.05 Å². The van der Waals surface area contributed by atoms with E-state index in [0.29, 0.717) is 0 Å². The third-order valence-electron chi connectivity index (χ3n) is 1.88. The highest BCUT2D eigenvalue weighted by Crippen LogP contribution is 1.98. The molecule has 0 aliphatic rings. The van der Waals surface area contributed by atoms with Crippen molar-refractivity contribution in [3.05, 3.63) is 34.2 Å². The van der Waals surface area contributed by atoms with E-state index < -0.39 is 11.8 Å². The molecular weight excluding hydrogens is 198 g/mol. The standard InChI is InChI=1S/C10H11NO4/c1-3-15-10(14)9(13)7-5-4-6-8(12)11(7)2/h4-6H,3H2,1-2H3. The highest BCUT2D eigenvalue weighted by molar-refractivity contribution is 6.40. The highest BCUT2D eigenvalue weighted by Gasteiger charge is 2.19. The summed E-state index contributed by atoms with van der Waals surface area (Å²) in [6.45, 7) is 1.74. The fourth-order valence-corrected chi connectivity index (χ4v) is 1.09. The van der Waals surface area contributed by atoms with E-state index in [4.69, 9.17) is 0 Å². The van der Waals surface area contributed by atoms with Crippen LogP contribution in [-0.2, 0) is 16.6 Å². The number of hydrogen-bond donors (Lipinski definition) is 0. The van der Waals surface area contributed by atoms with Crippen LogP contribution in [0.2, 0.25) is 0 Å². The van der Waals surface area contributed by atoms with Crippen LogP contribution < -0.4 is 5.56 Å². The molecule has 80 valence electrons. The van der Waals surface area contributed by atoms with Gasteiger partial charge in [-0.15, -0.1) is 0 Å². The molecule has 0 unspecified atom stereocenters. The van der Waals surface area contributed by atoms with Crippen LogP contribution >= 0.6 is 0 Å². The van der Waals surface area contributed by atoms with Gasteiger partial charge >= 0.3 is 5.97 Å². The summed E-state index contributed by atoms with van der Waals surface area (Å²) >= 11 is 0. The summed E-state index contributed by atoms with van der Waals surface area (Å²) in [6.07, 6.45) is 0. The van der Waals surface area contributed by atoms with Gasteiger partial charge in [-0.3, -0.25) is 9.59 Å². The predicted octanol–water partition coefficient (Wildman–Crippen LogP) is 0.131. The molecule has 0 bridgehead atoms. The smallest absolute Gasteiger partial charge is 0.381 e. The van der Waals surface area contributed by atoms with Crippen LogP contribution in [0.3, 0.4) is 0 Å². The summed E-state index contributed by atoms with van der Waals surface area (Å²) in [7, 11) is 1.43. The number of Topliss-reactive ketones (excluding diaryl/α,β-unsaturated/α-hetero) is 1. The third-order valence-corrected chi connectivity index (χ3v) is 1.88. The second-order valence-corrected chi connectivity index (χ2v) is 2.86. The zero-order valence-electron chi connectivity index (χ0n) is 8.52. The Morgan fingerprint density at radius 3 is 2.67 bits per heavy atom. The zero-order chi connectivity index (χ0) is 11.4. The zero-order valence-corrected chi connectivity index (χ0v) is 8.52. The van der Waals surface area contributed by atoms with Crippen molar-refractivity contribution in [2.45, 2.75) is 6.92 Å². The fourth-order valence-electron chi connectivity index (χ4n) is 1.09. The van der Waals surface area contributed by atoms with Crippen molar-refractivity contribution in [1.82, 2.24) is 4.57 Å². The first-order valence-electron chi connectivity index (χ1n) is 4.45. The summed E-state index contributed by atoms with van der Waals surface area (Å²) in [5.74, 6) is -1.75. The second-order valence-electron chi connectivity index (χ2n) is 2.86. The SMILES string of the molecule is CCOC(=O)C(=O)c1cccc(=O)n1C. The van der Waals surface area contributed by atoms with Crippen LogP contribution in [0.5, 0.6) is 0 Å². The van der Waals surface area contributed by atoms with E-state index in [1.54, 1.807) is 6.92 Å².